The van der Waals surface area contributed by atoms with E-state index in [2.05, 4.69) is 12.2 Å². The number of anilines is 1. The van der Waals surface area contributed by atoms with Gasteiger partial charge in [0.25, 0.3) is 5.91 Å². The van der Waals surface area contributed by atoms with Crippen LogP contribution in [0.4, 0.5) is 5.69 Å². The number of unbranched alkanes of at least 4 members (excludes halogenated alkanes) is 1. The van der Waals surface area contributed by atoms with Gasteiger partial charge >= 0.3 is 0 Å². The average molecular weight is 294 g/mol. The van der Waals surface area contributed by atoms with Gasteiger partial charge in [-0.1, -0.05) is 25.5 Å². The summed E-state index contributed by atoms with van der Waals surface area (Å²) in [5.41, 5.74) is 1.63. The summed E-state index contributed by atoms with van der Waals surface area (Å²) < 4.78 is 5.60. The molecule has 4 nitrogen and oxygen atoms in total. The lowest BCUT2D eigenvalue weighted by Gasteiger charge is -2.08. The van der Waals surface area contributed by atoms with Crippen LogP contribution in [0.1, 0.15) is 35.7 Å². The number of carbonyl (C=O) groups is 1. The van der Waals surface area contributed by atoms with E-state index in [0.29, 0.717) is 29.2 Å². The van der Waals surface area contributed by atoms with Crippen LogP contribution in [0.2, 0.25) is 0 Å². The fourth-order valence-corrected chi connectivity index (χ4v) is 1.93. The summed E-state index contributed by atoms with van der Waals surface area (Å²) in [7, 11) is 0. The molecule has 0 bridgehead atoms. The molecule has 112 valence electrons. The molecule has 1 amide bonds. The first kappa shape index (κ1) is 15.6. The Kier molecular flexibility index (Phi) is 5.56. The van der Waals surface area contributed by atoms with E-state index in [-0.39, 0.29) is 5.91 Å². The van der Waals surface area contributed by atoms with Gasteiger partial charge in [0, 0.05) is 11.3 Å². The van der Waals surface area contributed by atoms with Crippen LogP contribution in [0.5, 0.6) is 5.75 Å². The van der Waals surface area contributed by atoms with Gasteiger partial charge in [0.15, 0.2) is 0 Å². The van der Waals surface area contributed by atoms with Crippen LogP contribution >= 0.6 is 0 Å². The van der Waals surface area contributed by atoms with Gasteiger partial charge in [0.1, 0.15) is 5.75 Å². The lowest BCUT2D eigenvalue weighted by Crippen LogP contribution is -2.12. The third kappa shape index (κ3) is 4.35. The van der Waals surface area contributed by atoms with Crippen molar-refractivity contribution < 1.29 is 9.53 Å². The van der Waals surface area contributed by atoms with Crippen LogP contribution < -0.4 is 10.1 Å². The molecule has 0 saturated carbocycles. The maximum atomic E-state index is 12.2. The van der Waals surface area contributed by atoms with Crippen molar-refractivity contribution in [3.05, 3.63) is 59.7 Å². The first-order chi connectivity index (χ1) is 10.7. The largest absolute Gasteiger partial charge is 0.494 e. The summed E-state index contributed by atoms with van der Waals surface area (Å²) in [6.45, 7) is 2.74. The van der Waals surface area contributed by atoms with Crippen LogP contribution in [0.25, 0.3) is 0 Å². The number of nitrogens with one attached hydrogen (secondary N) is 1. The molecule has 0 aliphatic heterocycles. The molecule has 0 heterocycles. The van der Waals surface area contributed by atoms with E-state index >= 15 is 0 Å². The van der Waals surface area contributed by atoms with Crippen molar-refractivity contribution in [1.82, 2.24) is 0 Å². The van der Waals surface area contributed by atoms with E-state index in [4.69, 9.17) is 10.00 Å². The summed E-state index contributed by atoms with van der Waals surface area (Å²) >= 11 is 0. The Hall–Kier alpha value is -2.80. The monoisotopic (exact) mass is 294 g/mol. The van der Waals surface area contributed by atoms with Crippen molar-refractivity contribution in [2.24, 2.45) is 0 Å². The Balaban J connectivity index is 2.05. The SMILES string of the molecule is CCCCOc1cccc(C(=O)Nc2cccc(C#N)c2)c1. The molecule has 0 fully saturated rings. The minimum absolute atomic E-state index is 0.226. The predicted molar refractivity (Wildman–Crippen MR) is 86.0 cm³/mol. The number of nitriles is 1. The maximum absolute atomic E-state index is 12.2. The molecule has 0 radical (unpaired) electrons. The number of hydrogen-bond donors (Lipinski definition) is 1. The lowest BCUT2D eigenvalue weighted by molar-refractivity contribution is 0.102. The van der Waals surface area contributed by atoms with Crippen LogP contribution in [-0.4, -0.2) is 12.5 Å². The number of amides is 1. The molecule has 0 aliphatic rings. The van der Waals surface area contributed by atoms with Crippen LogP contribution in [0, 0.1) is 11.3 Å². The molecule has 0 atom stereocenters. The van der Waals surface area contributed by atoms with Gasteiger partial charge in [0.2, 0.25) is 0 Å². The quantitative estimate of drug-likeness (QED) is 0.819. The molecular weight excluding hydrogens is 276 g/mol. The summed E-state index contributed by atoms with van der Waals surface area (Å²) in [4.78, 5) is 12.2. The maximum Gasteiger partial charge on any atom is 0.255 e. The summed E-state index contributed by atoms with van der Waals surface area (Å²) in [6.07, 6.45) is 2.05. The topological polar surface area (TPSA) is 62.1 Å². The Labute approximate surface area is 130 Å². The second-order valence-corrected chi connectivity index (χ2v) is 4.88. The van der Waals surface area contributed by atoms with Crippen molar-refractivity contribution in [3.63, 3.8) is 0 Å². The first-order valence-corrected chi connectivity index (χ1v) is 7.27. The van der Waals surface area contributed by atoms with Crippen molar-refractivity contribution in [2.45, 2.75) is 19.8 Å². The molecule has 0 saturated heterocycles. The van der Waals surface area contributed by atoms with E-state index in [1.54, 1.807) is 42.5 Å². The Bertz CT molecular complexity index is 689. The van der Waals surface area contributed by atoms with Crippen LogP contribution in [0.15, 0.2) is 48.5 Å². The standard InChI is InChI=1S/C18H18N2O2/c1-2-3-10-22-17-9-5-7-15(12-17)18(21)20-16-8-4-6-14(11-16)13-19/h4-9,11-12H,2-3,10H2,1H3,(H,20,21). The molecule has 4 heteroatoms. The number of carbonyl (C=O) groups excluding carboxylic acids is 1. The van der Waals surface area contributed by atoms with Gasteiger partial charge in [-0.2, -0.15) is 5.26 Å². The molecule has 2 aromatic carbocycles. The average Bonchev–Trinajstić information content (AvgIpc) is 2.55. The molecule has 1 N–H and O–H groups in total. The molecule has 0 spiro atoms. The third-order valence-corrected chi connectivity index (χ3v) is 3.11. The minimum atomic E-state index is -0.226. The summed E-state index contributed by atoms with van der Waals surface area (Å²) in [5.74, 6) is 0.461. The van der Waals surface area contributed by atoms with Gasteiger partial charge in [-0.25, -0.2) is 0 Å². The second kappa shape index (κ2) is 7.84. The highest BCUT2D eigenvalue weighted by Gasteiger charge is 2.07. The number of benzene rings is 2. The lowest BCUT2D eigenvalue weighted by atomic mass is 10.1. The molecule has 0 aromatic heterocycles. The minimum Gasteiger partial charge on any atom is -0.494 e. The normalized spacial score (nSPS) is 9.82. The molecule has 2 rings (SSSR count). The first-order valence-electron chi connectivity index (χ1n) is 7.27. The highest BCUT2D eigenvalue weighted by molar-refractivity contribution is 6.04. The molecule has 0 unspecified atom stereocenters. The predicted octanol–water partition coefficient (Wildman–Crippen LogP) is 3.99. The zero-order valence-electron chi connectivity index (χ0n) is 12.5. The van der Waals surface area contributed by atoms with Crippen molar-refractivity contribution in [1.29, 1.82) is 5.26 Å². The van der Waals surface area contributed by atoms with E-state index < -0.39 is 0 Å². The van der Waals surface area contributed by atoms with Gasteiger partial charge in [-0.15, -0.1) is 0 Å². The Morgan fingerprint density at radius 2 is 2.05 bits per heavy atom. The van der Waals surface area contributed by atoms with E-state index in [9.17, 15) is 4.79 Å². The molecular formula is C18H18N2O2. The third-order valence-electron chi connectivity index (χ3n) is 3.11. The smallest absolute Gasteiger partial charge is 0.255 e. The van der Waals surface area contributed by atoms with E-state index in [1.807, 2.05) is 12.1 Å². The van der Waals surface area contributed by atoms with Gasteiger partial charge < -0.3 is 10.1 Å². The zero-order chi connectivity index (χ0) is 15.8. The second-order valence-electron chi connectivity index (χ2n) is 4.88. The van der Waals surface area contributed by atoms with Crippen molar-refractivity contribution >= 4 is 11.6 Å². The van der Waals surface area contributed by atoms with Crippen LogP contribution in [-0.2, 0) is 0 Å². The summed E-state index contributed by atoms with van der Waals surface area (Å²) in [6, 6.07) is 15.9. The van der Waals surface area contributed by atoms with Gasteiger partial charge in [-0.05, 0) is 42.8 Å². The summed E-state index contributed by atoms with van der Waals surface area (Å²) in [5, 5.41) is 11.7. The molecule has 22 heavy (non-hydrogen) atoms. The molecule has 2 aromatic rings. The zero-order valence-corrected chi connectivity index (χ0v) is 12.5. The highest BCUT2D eigenvalue weighted by Crippen LogP contribution is 2.16. The van der Waals surface area contributed by atoms with Crippen molar-refractivity contribution in [3.8, 4) is 11.8 Å². The van der Waals surface area contributed by atoms with E-state index in [0.717, 1.165) is 12.8 Å². The van der Waals surface area contributed by atoms with Gasteiger partial charge in [-0.3, -0.25) is 4.79 Å². The molecule has 0 aliphatic carbocycles. The number of nitrogens with zero attached hydrogens (tertiary/aromatic N) is 1. The van der Waals surface area contributed by atoms with Gasteiger partial charge in [0.05, 0.1) is 18.2 Å². The fraction of sp³-hybridized carbons (Fsp3) is 0.222. The van der Waals surface area contributed by atoms with Crippen molar-refractivity contribution in [2.75, 3.05) is 11.9 Å². The Morgan fingerprint density at radius 3 is 2.82 bits per heavy atom. The fourth-order valence-electron chi connectivity index (χ4n) is 1.93. The highest BCUT2D eigenvalue weighted by atomic mass is 16.5. The number of hydrogen-bond acceptors (Lipinski definition) is 3. The Morgan fingerprint density at radius 1 is 1.23 bits per heavy atom. The van der Waals surface area contributed by atoms with E-state index in [1.165, 1.54) is 0 Å². The number of ether oxygens (including phenoxy) is 1. The van der Waals surface area contributed by atoms with Crippen LogP contribution in [0.3, 0.4) is 0 Å². The number of rotatable bonds is 6.